The smallest absolute Gasteiger partial charge is 0.345 e. The third-order valence-corrected chi connectivity index (χ3v) is 3.56. The first-order chi connectivity index (χ1) is 10.8. The fourth-order valence-corrected chi connectivity index (χ4v) is 2.22. The lowest BCUT2D eigenvalue weighted by molar-refractivity contribution is -0.155. The molecule has 0 heterocycles. The Bertz CT molecular complexity index is 674. The second-order valence-electron chi connectivity index (χ2n) is 4.27. The largest absolute Gasteiger partial charge is 0.479 e. The predicted octanol–water partition coefficient (Wildman–Crippen LogP) is 4.60. The number of aliphatic carboxylic acids is 1. The van der Waals surface area contributed by atoms with Crippen LogP contribution in [0, 0.1) is 11.6 Å². The molecule has 0 aliphatic rings. The maximum atomic E-state index is 13.2. The molecule has 0 aliphatic carbocycles. The van der Waals surface area contributed by atoms with Crippen LogP contribution < -0.4 is 0 Å². The maximum Gasteiger partial charge on any atom is 0.345 e. The molecule has 0 saturated carbocycles. The molecule has 0 unspecified atom stereocenters. The topological polar surface area (TPSA) is 57.5 Å². The van der Waals surface area contributed by atoms with Crippen LogP contribution >= 0.6 is 39.1 Å². The lowest BCUT2D eigenvalue weighted by Gasteiger charge is -2.25. The zero-order valence-corrected chi connectivity index (χ0v) is 14.8. The van der Waals surface area contributed by atoms with Crippen molar-refractivity contribution in [1.82, 2.24) is 0 Å². The zero-order chi connectivity index (χ0) is 17.8. The summed E-state index contributed by atoms with van der Waals surface area (Å²) in [5, 5.41) is 19.1. The summed E-state index contributed by atoms with van der Waals surface area (Å²) in [6, 6.07) is 5.98. The minimum atomic E-state index is -2.53. The van der Waals surface area contributed by atoms with Crippen molar-refractivity contribution in [3.05, 3.63) is 69.2 Å². The highest BCUT2D eigenvalue weighted by Crippen LogP contribution is 2.34. The van der Waals surface area contributed by atoms with Crippen molar-refractivity contribution < 1.29 is 23.8 Å². The van der Waals surface area contributed by atoms with Gasteiger partial charge in [-0.05, 0) is 30.1 Å². The van der Waals surface area contributed by atoms with Crippen molar-refractivity contribution in [3.63, 3.8) is 0 Å². The zero-order valence-electron chi connectivity index (χ0n) is 11.7. The number of aliphatic hydroxyl groups is 1. The number of hydrogen-bond acceptors (Lipinski definition) is 2. The van der Waals surface area contributed by atoms with E-state index in [2.05, 4.69) is 15.9 Å². The molecule has 0 aromatic heterocycles. The van der Waals surface area contributed by atoms with Gasteiger partial charge in [-0.15, -0.1) is 0 Å². The van der Waals surface area contributed by atoms with Gasteiger partial charge in [0.1, 0.15) is 11.6 Å². The van der Waals surface area contributed by atoms with Gasteiger partial charge in [0.05, 0.1) is 10.0 Å². The molecule has 0 atom stereocenters. The van der Waals surface area contributed by atoms with Crippen molar-refractivity contribution in [2.45, 2.75) is 5.60 Å². The van der Waals surface area contributed by atoms with Crippen molar-refractivity contribution in [2.75, 3.05) is 5.83 Å². The molecule has 0 saturated heterocycles. The monoisotopic (exact) mass is 426 g/mol. The van der Waals surface area contributed by atoms with Gasteiger partial charge in [0.2, 0.25) is 5.60 Å². The molecule has 124 valence electrons. The van der Waals surface area contributed by atoms with Gasteiger partial charge in [0.15, 0.2) is 0 Å². The van der Waals surface area contributed by atoms with Gasteiger partial charge in [-0.1, -0.05) is 51.3 Å². The summed E-state index contributed by atoms with van der Waals surface area (Å²) >= 11 is 14.1. The van der Waals surface area contributed by atoms with Gasteiger partial charge in [0.25, 0.3) is 0 Å². The number of rotatable bonds is 3. The Morgan fingerprint density at radius 1 is 1.00 bits per heavy atom. The van der Waals surface area contributed by atoms with E-state index in [1.807, 2.05) is 5.83 Å². The van der Waals surface area contributed by atoms with Crippen molar-refractivity contribution in [3.8, 4) is 0 Å². The molecular weight excluding hydrogens is 417 g/mol. The molecule has 0 amide bonds. The quantitative estimate of drug-likeness (QED) is 0.703. The Labute approximate surface area is 149 Å². The van der Waals surface area contributed by atoms with E-state index in [4.69, 9.17) is 23.2 Å². The van der Waals surface area contributed by atoms with E-state index in [0.29, 0.717) is 0 Å². The van der Waals surface area contributed by atoms with E-state index in [9.17, 15) is 23.8 Å². The van der Waals surface area contributed by atoms with Crippen LogP contribution in [-0.2, 0) is 10.4 Å². The fourth-order valence-electron chi connectivity index (χ4n) is 1.86. The Hall–Kier alpha value is -1.21. The number of carbonyl (C=O) groups is 1. The summed E-state index contributed by atoms with van der Waals surface area (Å²) < 4.78 is 26.4. The molecule has 0 bridgehead atoms. The number of halogens is 5. The van der Waals surface area contributed by atoms with Gasteiger partial charge in [-0.25, -0.2) is 13.6 Å². The first-order valence-electron chi connectivity index (χ1n) is 6.01. The molecule has 2 rings (SSSR count). The average molecular weight is 428 g/mol. The summed E-state index contributed by atoms with van der Waals surface area (Å²) in [4.78, 5) is 11.5. The first-order valence-corrected chi connectivity index (χ1v) is 8.35. The second kappa shape index (κ2) is 8.06. The van der Waals surface area contributed by atoms with Gasteiger partial charge >= 0.3 is 5.97 Å². The molecular formula is C15H11BrCl2F2O3. The molecule has 3 nitrogen and oxygen atoms in total. The molecule has 23 heavy (non-hydrogen) atoms. The Morgan fingerprint density at radius 2 is 1.35 bits per heavy atom. The van der Waals surface area contributed by atoms with Crippen LogP contribution in [0.4, 0.5) is 8.78 Å². The summed E-state index contributed by atoms with van der Waals surface area (Å²) in [5.41, 5.74) is -2.89. The lowest BCUT2D eigenvalue weighted by atomic mass is 9.86. The van der Waals surface area contributed by atoms with E-state index >= 15 is 0 Å². The van der Waals surface area contributed by atoms with E-state index in [0.717, 1.165) is 36.4 Å². The van der Waals surface area contributed by atoms with Crippen LogP contribution in [0.1, 0.15) is 11.1 Å². The molecule has 8 heteroatoms. The van der Waals surface area contributed by atoms with E-state index in [1.54, 1.807) is 0 Å². The number of hydrogen-bond donors (Lipinski definition) is 2. The minimum Gasteiger partial charge on any atom is -0.479 e. The normalized spacial score (nSPS) is 10.7. The highest BCUT2D eigenvalue weighted by Gasteiger charge is 2.41. The van der Waals surface area contributed by atoms with Crippen molar-refractivity contribution >= 4 is 45.1 Å². The fraction of sp³-hybridized carbons (Fsp3) is 0.133. The molecule has 0 radical (unpaired) electrons. The standard InChI is InChI=1S/C14H8Cl2F2O3.CH3Br/c15-9-5-7(1-3-11(9)17)14(21,13(19)20)8-2-4-12(18)10(16)6-8;1-2/h1-6,21H,(H,19,20);1H3. The molecule has 2 aromatic carbocycles. The van der Waals surface area contributed by atoms with E-state index < -0.39 is 23.2 Å². The van der Waals surface area contributed by atoms with E-state index in [1.165, 1.54) is 0 Å². The van der Waals surface area contributed by atoms with Crippen LogP contribution in [0.15, 0.2) is 36.4 Å². The minimum absolute atomic E-state index is 0.177. The number of carboxylic acid groups (broad SMARTS) is 1. The molecule has 0 fully saturated rings. The van der Waals surface area contributed by atoms with Gasteiger partial charge < -0.3 is 10.2 Å². The van der Waals surface area contributed by atoms with Gasteiger partial charge in [-0.3, -0.25) is 0 Å². The maximum absolute atomic E-state index is 13.2. The van der Waals surface area contributed by atoms with Crippen molar-refractivity contribution in [2.24, 2.45) is 0 Å². The number of carboxylic acids is 1. The SMILES string of the molecule is CBr.O=C(O)C(O)(c1ccc(F)c(Cl)c1)c1ccc(F)c(Cl)c1. The number of benzene rings is 2. The van der Waals surface area contributed by atoms with Crippen LogP contribution in [0.3, 0.4) is 0 Å². The van der Waals surface area contributed by atoms with Crippen LogP contribution in [0.2, 0.25) is 10.0 Å². The highest BCUT2D eigenvalue weighted by atomic mass is 79.9. The molecule has 0 aliphatic heterocycles. The second-order valence-corrected chi connectivity index (χ2v) is 5.09. The van der Waals surface area contributed by atoms with Crippen LogP contribution in [0.25, 0.3) is 0 Å². The van der Waals surface area contributed by atoms with Crippen LogP contribution in [-0.4, -0.2) is 22.0 Å². The first kappa shape index (κ1) is 19.8. The van der Waals surface area contributed by atoms with Crippen LogP contribution in [0.5, 0.6) is 0 Å². The third-order valence-electron chi connectivity index (χ3n) is 2.98. The predicted molar refractivity (Wildman–Crippen MR) is 88.3 cm³/mol. The summed E-state index contributed by atoms with van der Waals surface area (Å²) in [6.07, 6.45) is 0. The summed E-state index contributed by atoms with van der Waals surface area (Å²) in [7, 11) is 0. The highest BCUT2D eigenvalue weighted by molar-refractivity contribution is 9.08. The molecule has 2 N–H and O–H groups in total. The van der Waals surface area contributed by atoms with E-state index in [-0.39, 0.29) is 21.2 Å². The average Bonchev–Trinajstić information content (AvgIpc) is 2.53. The lowest BCUT2D eigenvalue weighted by Crippen LogP contribution is -2.37. The molecule has 0 spiro atoms. The van der Waals surface area contributed by atoms with Gasteiger partial charge in [0, 0.05) is 11.1 Å². The van der Waals surface area contributed by atoms with Gasteiger partial charge in [-0.2, -0.15) is 0 Å². The molecule has 2 aromatic rings. The number of alkyl halides is 1. The Kier molecular flexibility index (Phi) is 6.95. The Balaban J connectivity index is 0.00000127. The third kappa shape index (κ3) is 4.01. The van der Waals surface area contributed by atoms with Crippen molar-refractivity contribution in [1.29, 1.82) is 0 Å². The summed E-state index contributed by atoms with van der Waals surface area (Å²) in [5.74, 6) is -1.34. The Morgan fingerprint density at radius 3 is 1.61 bits per heavy atom. The summed E-state index contributed by atoms with van der Waals surface area (Å²) in [6.45, 7) is 0.